The number of carbonyl (C=O) groups is 1. The molecule has 1 unspecified atom stereocenters. The highest BCUT2D eigenvalue weighted by Gasteiger charge is 2.21. The van der Waals surface area contributed by atoms with Gasteiger partial charge in [0.25, 0.3) is 0 Å². The van der Waals surface area contributed by atoms with Gasteiger partial charge in [-0.15, -0.1) is 11.3 Å². The molecule has 0 bridgehead atoms. The average molecular weight is 414 g/mol. The Labute approximate surface area is 177 Å². The van der Waals surface area contributed by atoms with Crippen molar-refractivity contribution >= 4 is 28.2 Å². The van der Waals surface area contributed by atoms with Crippen LogP contribution in [0.2, 0.25) is 0 Å². The highest BCUT2D eigenvalue weighted by atomic mass is 32.1. The fourth-order valence-electron chi connectivity index (χ4n) is 3.34. The summed E-state index contributed by atoms with van der Waals surface area (Å²) in [4.78, 5) is 20.6. The van der Waals surface area contributed by atoms with Crippen LogP contribution in [0.5, 0.6) is 0 Å². The lowest BCUT2D eigenvalue weighted by Gasteiger charge is -2.34. The molecule has 1 amide bonds. The van der Waals surface area contributed by atoms with Gasteiger partial charge in [0.2, 0.25) is 5.91 Å². The second kappa shape index (κ2) is 10.3. The molecule has 0 aliphatic carbocycles. The van der Waals surface area contributed by atoms with E-state index in [4.69, 9.17) is 0 Å². The first-order valence-electron chi connectivity index (χ1n) is 10.1. The van der Waals surface area contributed by atoms with Crippen LogP contribution in [-0.4, -0.2) is 56.5 Å². The molecule has 3 rings (SSSR count). The summed E-state index contributed by atoms with van der Waals surface area (Å²) < 4.78 is 0. The van der Waals surface area contributed by atoms with Gasteiger partial charge in [-0.25, -0.2) is 4.99 Å². The van der Waals surface area contributed by atoms with Crippen molar-refractivity contribution in [3.05, 3.63) is 53.4 Å². The van der Waals surface area contributed by atoms with Crippen LogP contribution >= 0.6 is 11.3 Å². The van der Waals surface area contributed by atoms with E-state index in [1.165, 1.54) is 10.6 Å². The Morgan fingerprint density at radius 3 is 2.55 bits per heavy atom. The summed E-state index contributed by atoms with van der Waals surface area (Å²) in [7, 11) is 3.51. The molecule has 0 spiro atoms. The molecule has 2 aromatic rings. The number of hydrogen-bond donors (Lipinski definition) is 2. The molecule has 1 aliphatic rings. The minimum atomic E-state index is -0.00835. The third-order valence-electron chi connectivity index (χ3n) is 5.18. The highest BCUT2D eigenvalue weighted by Crippen LogP contribution is 2.24. The molecule has 2 N–H and O–H groups in total. The number of benzene rings is 1. The molecule has 0 saturated carbocycles. The molecule has 1 fully saturated rings. The van der Waals surface area contributed by atoms with E-state index in [0.29, 0.717) is 12.0 Å². The first-order valence-corrected chi connectivity index (χ1v) is 11.0. The van der Waals surface area contributed by atoms with Crippen LogP contribution in [0.1, 0.15) is 31.4 Å². The molecular formula is C22H31N5OS. The van der Waals surface area contributed by atoms with Crippen molar-refractivity contribution in [2.45, 2.75) is 31.8 Å². The van der Waals surface area contributed by atoms with Crippen molar-refractivity contribution in [1.29, 1.82) is 0 Å². The Bertz CT molecular complexity index is 783. The third-order valence-corrected chi connectivity index (χ3v) is 6.11. The standard InChI is InChI=1S/C22H31N5OS/c1-17(18-8-5-4-6-9-18)24-22(23-16-20(28)26(2)3)25-19-11-13-27(14-12-19)21-10-7-15-29-21/h4-10,15,17,19H,11-14,16H2,1-3H3,(H2,23,24,25). The fourth-order valence-corrected chi connectivity index (χ4v) is 4.12. The number of rotatable bonds is 6. The van der Waals surface area contributed by atoms with Crippen LogP contribution in [0.15, 0.2) is 52.8 Å². The Hall–Kier alpha value is -2.54. The predicted octanol–water partition coefficient (Wildman–Crippen LogP) is 3.10. The molecule has 7 heteroatoms. The SMILES string of the molecule is CC(NC(=NCC(=O)N(C)C)NC1CCN(c2cccs2)CC1)c1ccccc1. The zero-order chi connectivity index (χ0) is 20.6. The molecule has 29 heavy (non-hydrogen) atoms. The molecule has 1 aromatic heterocycles. The van der Waals surface area contributed by atoms with Gasteiger partial charge in [-0.1, -0.05) is 30.3 Å². The number of thiophene rings is 1. The number of likely N-dealkylation sites (N-methyl/N-ethyl adjacent to an activating group) is 1. The Morgan fingerprint density at radius 2 is 1.93 bits per heavy atom. The topological polar surface area (TPSA) is 60.0 Å². The van der Waals surface area contributed by atoms with E-state index in [9.17, 15) is 4.79 Å². The van der Waals surface area contributed by atoms with Gasteiger partial charge in [0.1, 0.15) is 6.54 Å². The van der Waals surface area contributed by atoms with Crippen LogP contribution < -0.4 is 15.5 Å². The van der Waals surface area contributed by atoms with E-state index in [0.717, 1.165) is 25.9 Å². The van der Waals surface area contributed by atoms with E-state index in [-0.39, 0.29) is 18.5 Å². The molecule has 2 heterocycles. The van der Waals surface area contributed by atoms with Crippen molar-refractivity contribution in [1.82, 2.24) is 15.5 Å². The summed E-state index contributed by atoms with van der Waals surface area (Å²) in [5, 5.41) is 10.5. The van der Waals surface area contributed by atoms with Crippen molar-refractivity contribution in [2.75, 3.05) is 38.6 Å². The molecular weight excluding hydrogens is 382 g/mol. The van der Waals surface area contributed by atoms with Gasteiger partial charge >= 0.3 is 0 Å². The van der Waals surface area contributed by atoms with Gasteiger partial charge in [0.05, 0.1) is 11.0 Å². The average Bonchev–Trinajstić information content (AvgIpc) is 3.27. The predicted molar refractivity (Wildman–Crippen MR) is 122 cm³/mol. The molecule has 6 nitrogen and oxygen atoms in total. The van der Waals surface area contributed by atoms with Crippen LogP contribution in [-0.2, 0) is 4.79 Å². The smallest absolute Gasteiger partial charge is 0.243 e. The summed E-state index contributed by atoms with van der Waals surface area (Å²) in [6.45, 7) is 4.30. The zero-order valence-corrected chi connectivity index (χ0v) is 18.3. The fraction of sp³-hybridized carbons (Fsp3) is 0.455. The number of hydrogen-bond acceptors (Lipinski definition) is 4. The maximum absolute atomic E-state index is 12.0. The number of nitrogens with one attached hydrogen (secondary N) is 2. The van der Waals surface area contributed by atoms with Crippen molar-refractivity contribution in [3.63, 3.8) is 0 Å². The molecule has 0 radical (unpaired) electrons. The minimum absolute atomic E-state index is 0.00835. The summed E-state index contributed by atoms with van der Waals surface area (Å²) in [6, 6.07) is 15.0. The molecule has 156 valence electrons. The second-order valence-corrected chi connectivity index (χ2v) is 8.51. The van der Waals surface area contributed by atoms with Crippen LogP contribution in [0.25, 0.3) is 0 Å². The monoisotopic (exact) mass is 413 g/mol. The van der Waals surface area contributed by atoms with Crippen molar-refractivity contribution in [2.24, 2.45) is 4.99 Å². The lowest BCUT2D eigenvalue weighted by atomic mass is 10.1. The normalized spacial score (nSPS) is 16.4. The van der Waals surface area contributed by atoms with E-state index < -0.39 is 0 Å². The molecule has 1 saturated heterocycles. The maximum atomic E-state index is 12.0. The van der Waals surface area contributed by atoms with Crippen molar-refractivity contribution < 1.29 is 4.79 Å². The number of nitrogens with zero attached hydrogens (tertiary/aromatic N) is 3. The summed E-state index contributed by atoms with van der Waals surface area (Å²) in [5.41, 5.74) is 1.19. The van der Waals surface area contributed by atoms with E-state index in [2.05, 4.69) is 57.1 Å². The van der Waals surface area contributed by atoms with Gasteiger partial charge < -0.3 is 20.4 Å². The van der Waals surface area contributed by atoms with Crippen LogP contribution in [0.4, 0.5) is 5.00 Å². The lowest BCUT2D eigenvalue weighted by molar-refractivity contribution is -0.127. The number of guanidine groups is 1. The van der Waals surface area contributed by atoms with Crippen LogP contribution in [0.3, 0.4) is 0 Å². The van der Waals surface area contributed by atoms with Gasteiger partial charge in [-0.2, -0.15) is 0 Å². The first-order chi connectivity index (χ1) is 14.0. The lowest BCUT2D eigenvalue weighted by Crippen LogP contribution is -2.49. The van der Waals surface area contributed by atoms with Gasteiger partial charge in [0.15, 0.2) is 5.96 Å². The van der Waals surface area contributed by atoms with Crippen molar-refractivity contribution in [3.8, 4) is 0 Å². The third kappa shape index (κ3) is 6.22. The zero-order valence-electron chi connectivity index (χ0n) is 17.5. The molecule has 1 aromatic carbocycles. The van der Waals surface area contributed by atoms with E-state index in [1.54, 1.807) is 30.3 Å². The number of aliphatic imine (C=N–C) groups is 1. The summed E-state index contributed by atoms with van der Waals surface area (Å²) in [5.74, 6) is 0.692. The first kappa shape index (κ1) is 21.2. The highest BCUT2D eigenvalue weighted by molar-refractivity contribution is 7.14. The molecule has 1 aliphatic heterocycles. The minimum Gasteiger partial charge on any atom is -0.363 e. The van der Waals surface area contributed by atoms with Gasteiger partial charge in [-0.3, -0.25) is 4.79 Å². The quantitative estimate of drug-likeness (QED) is 0.564. The van der Waals surface area contributed by atoms with Gasteiger partial charge in [-0.05, 0) is 42.8 Å². The summed E-state index contributed by atoms with van der Waals surface area (Å²) in [6.07, 6.45) is 2.08. The Kier molecular flexibility index (Phi) is 7.52. The molecule has 1 atom stereocenters. The number of piperidine rings is 1. The number of anilines is 1. The summed E-state index contributed by atoms with van der Waals surface area (Å²) >= 11 is 1.79. The maximum Gasteiger partial charge on any atom is 0.243 e. The van der Waals surface area contributed by atoms with Crippen LogP contribution in [0, 0.1) is 0 Å². The van der Waals surface area contributed by atoms with E-state index in [1.807, 2.05) is 18.2 Å². The Balaban J connectivity index is 1.61. The second-order valence-electron chi connectivity index (χ2n) is 7.59. The van der Waals surface area contributed by atoms with E-state index >= 15 is 0 Å². The number of amides is 1. The van der Waals surface area contributed by atoms with Gasteiger partial charge in [0, 0.05) is 33.2 Å². The largest absolute Gasteiger partial charge is 0.363 e. The Morgan fingerprint density at radius 1 is 1.21 bits per heavy atom. The number of carbonyl (C=O) groups excluding carboxylic acids is 1.